The maximum atomic E-state index is 10.8. The van der Waals surface area contributed by atoms with Crippen molar-refractivity contribution >= 4 is 16.7 Å². The summed E-state index contributed by atoms with van der Waals surface area (Å²) in [6.07, 6.45) is 1.67. The molecule has 6 heteroatoms. The number of carbonyl (C=O) groups is 1. The van der Waals surface area contributed by atoms with Crippen LogP contribution in [0, 0.1) is 0 Å². The molecular formula is C14H10N2O4. The quantitative estimate of drug-likeness (QED) is 0.787. The highest BCUT2D eigenvalue weighted by Gasteiger charge is 2.13. The van der Waals surface area contributed by atoms with E-state index in [-0.39, 0.29) is 5.76 Å². The SMILES string of the molecule is COc1nccc2ccc(-c3cc(C(=O)O)on3)cc12. The van der Waals surface area contributed by atoms with E-state index < -0.39 is 5.97 Å². The molecule has 0 spiro atoms. The summed E-state index contributed by atoms with van der Waals surface area (Å²) in [4.78, 5) is 14.9. The first-order valence-corrected chi connectivity index (χ1v) is 5.82. The van der Waals surface area contributed by atoms with Gasteiger partial charge in [0.25, 0.3) is 0 Å². The third-order valence-electron chi connectivity index (χ3n) is 2.94. The first kappa shape index (κ1) is 12.2. The molecule has 0 aliphatic heterocycles. The summed E-state index contributed by atoms with van der Waals surface area (Å²) in [5.41, 5.74) is 1.19. The standard InChI is InChI=1S/C14H10N2O4/c1-19-13-10-6-9(3-2-8(10)4-5-15-13)11-7-12(14(17)18)20-16-11/h2-7H,1H3,(H,17,18). The highest BCUT2D eigenvalue weighted by atomic mass is 16.5. The highest BCUT2D eigenvalue weighted by molar-refractivity contribution is 5.91. The molecule has 1 aromatic carbocycles. The van der Waals surface area contributed by atoms with Gasteiger partial charge in [-0.1, -0.05) is 17.3 Å². The maximum Gasteiger partial charge on any atom is 0.374 e. The molecule has 3 aromatic rings. The first-order valence-electron chi connectivity index (χ1n) is 5.82. The van der Waals surface area contributed by atoms with E-state index in [2.05, 4.69) is 10.1 Å². The molecule has 2 aromatic heterocycles. The minimum Gasteiger partial charge on any atom is -0.481 e. The van der Waals surface area contributed by atoms with Gasteiger partial charge < -0.3 is 14.4 Å². The average Bonchev–Trinajstić information content (AvgIpc) is 2.96. The molecule has 0 unspecified atom stereocenters. The normalized spacial score (nSPS) is 10.7. The molecule has 0 saturated carbocycles. The number of aromatic nitrogens is 2. The number of rotatable bonds is 3. The van der Waals surface area contributed by atoms with Crippen molar-refractivity contribution in [2.75, 3.05) is 7.11 Å². The average molecular weight is 270 g/mol. The van der Waals surface area contributed by atoms with Crippen LogP contribution in [0.5, 0.6) is 5.88 Å². The van der Waals surface area contributed by atoms with E-state index in [4.69, 9.17) is 14.4 Å². The molecule has 3 rings (SSSR count). The molecule has 20 heavy (non-hydrogen) atoms. The first-order chi connectivity index (χ1) is 9.69. The minimum atomic E-state index is -1.15. The lowest BCUT2D eigenvalue weighted by Gasteiger charge is -2.05. The third kappa shape index (κ3) is 1.97. The molecule has 0 atom stereocenters. The number of methoxy groups -OCH3 is 1. The molecule has 1 N–H and O–H groups in total. The molecule has 0 saturated heterocycles. The van der Waals surface area contributed by atoms with Gasteiger partial charge in [-0.2, -0.15) is 0 Å². The number of hydrogen-bond donors (Lipinski definition) is 1. The summed E-state index contributed by atoms with van der Waals surface area (Å²) in [5.74, 6) is -0.840. The monoisotopic (exact) mass is 270 g/mol. The van der Waals surface area contributed by atoms with Crippen LogP contribution in [0.1, 0.15) is 10.6 Å². The van der Waals surface area contributed by atoms with Crippen LogP contribution >= 0.6 is 0 Å². The fraction of sp³-hybridized carbons (Fsp3) is 0.0714. The predicted molar refractivity (Wildman–Crippen MR) is 70.8 cm³/mol. The van der Waals surface area contributed by atoms with Crippen LogP contribution in [0.25, 0.3) is 22.0 Å². The van der Waals surface area contributed by atoms with Crippen LogP contribution in [0.4, 0.5) is 0 Å². The summed E-state index contributed by atoms with van der Waals surface area (Å²) in [6, 6.07) is 8.82. The molecule has 0 fully saturated rings. The maximum absolute atomic E-state index is 10.8. The van der Waals surface area contributed by atoms with Gasteiger partial charge in [0, 0.05) is 23.2 Å². The lowest BCUT2D eigenvalue weighted by molar-refractivity contribution is 0.0652. The van der Waals surface area contributed by atoms with Crippen molar-refractivity contribution in [2.45, 2.75) is 0 Å². The lowest BCUT2D eigenvalue weighted by Crippen LogP contribution is -1.91. The van der Waals surface area contributed by atoms with E-state index in [1.54, 1.807) is 13.3 Å². The second kappa shape index (κ2) is 4.65. The van der Waals surface area contributed by atoms with Crippen LogP contribution in [0.15, 0.2) is 41.1 Å². The van der Waals surface area contributed by atoms with Crippen molar-refractivity contribution in [3.05, 3.63) is 42.3 Å². The van der Waals surface area contributed by atoms with Crippen molar-refractivity contribution in [1.82, 2.24) is 10.1 Å². The summed E-state index contributed by atoms with van der Waals surface area (Å²) < 4.78 is 9.97. The Morgan fingerprint density at radius 2 is 2.15 bits per heavy atom. The van der Waals surface area contributed by atoms with Crippen molar-refractivity contribution < 1.29 is 19.2 Å². The van der Waals surface area contributed by atoms with Crippen LogP contribution in [0.2, 0.25) is 0 Å². The van der Waals surface area contributed by atoms with Crippen LogP contribution in [-0.4, -0.2) is 28.3 Å². The molecule has 6 nitrogen and oxygen atoms in total. The molecule has 0 radical (unpaired) electrons. The van der Waals surface area contributed by atoms with Crippen LogP contribution < -0.4 is 4.74 Å². The molecule has 0 amide bonds. The number of hydrogen-bond acceptors (Lipinski definition) is 5. The van der Waals surface area contributed by atoms with Gasteiger partial charge in [-0.25, -0.2) is 9.78 Å². The van der Waals surface area contributed by atoms with Crippen molar-refractivity contribution in [3.8, 4) is 17.1 Å². The fourth-order valence-electron chi connectivity index (χ4n) is 1.98. The zero-order valence-corrected chi connectivity index (χ0v) is 10.5. The Hall–Kier alpha value is -2.89. The van der Waals surface area contributed by atoms with Gasteiger partial charge in [0.2, 0.25) is 11.6 Å². The van der Waals surface area contributed by atoms with E-state index in [0.29, 0.717) is 11.6 Å². The third-order valence-corrected chi connectivity index (χ3v) is 2.94. The number of aromatic carboxylic acids is 1. The van der Waals surface area contributed by atoms with Gasteiger partial charge in [0.05, 0.1) is 7.11 Å². The van der Waals surface area contributed by atoms with Crippen molar-refractivity contribution in [1.29, 1.82) is 0 Å². The van der Waals surface area contributed by atoms with Gasteiger partial charge in [0.1, 0.15) is 5.69 Å². The van der Waals surface area contributed by atoms with E-state index in [0.717, 1.165) is 16.3 Å². The zero-order valence-electron chi connectivity index (χ0n) is 10.5. The van der Waals surface area contributed by atoms with E-state index in [1.807, 2.05) is 24.3 Å². The lowest BCUT2D eigenvalue weighted by atomic mass is 10.1. The molecule has 100 valence electrons. The molecule has 0 aliphatic rings. The van der Waals surface area contributed by atoms with Gasteiger partial charge in [0.15, 0.2) is 0 Å². The molecule has 2 heterocycles. The molecule has 0 aliphatic carbocycles. The van der Waals surface area contributed by atoms with E-state index >= 15 is 0 Å². The van der Waals surface area contributed by atoms with Crippen molar-refractivity contribution in [2.24, 2.45) is 0 Å². The highest BCUT2D eigenvalue weighted by Crippen LogP contribution is 2.28. The number of carboxylic acids is 1. The van der Waals surface area contributed by atoms with Gasteiger partial charge in [-0.3, -0.25) is 0 Å². The van der Waals surface area contributed by atoms with Crippen LogP contribution in [-0.2, 0) is 0 Å². The molecular weight excluding hydrogens is 260 g/mol. The second-order valence-electron chi connectivity index (χ2n) is 4.14. The van der Waals surface area contributed by atoms with Crippen molar-refractivity contribution in [3.63, 3.8) is 0 Å². The van der Waals surface area contributed by atoms with E-state index in [9.17, 15) is 4.79 Å². The number of fused-ring (bicyclic) bond motifs is 1. The summed E-state index contributed by atoms with van der Waals surface area (Å²) in [7, 11) is 1.55. The van der Waals surface area contributed by atoms with E-state index in [1.165, 1.54) is 6.07 Å². The second-order valence-corrected chi connectivity index (χ2v) is 4.14. The smallest absolute Gasteiger partial charge is 0.374 e. The van der Waals surface area contributed by atoms with Gasteiger partial charge >= 0.3 is 5.97 Å². The summed E-state index contributed by atoms with van der Waals surface area (Å²) in [5, 5.41) is 14.4. The Morgan fingerprint density at radius 3 is 2.85 bits per heavy atom. The Morgan fingerprint density at radius 1 is 1.30 bits per heavy atom. The number of pyridine rings is 1. The van der Waals surface area contributed by atoms with Crippen LogP contribution in [0.3, 0.4) is 0 Å². The largest absolute Gasteiger partial charge is 0.481 e. The summed E-state index contributed by atoms with van der Waals surface area (Å²) >= 11 is 0. The fourth-order valence-corrected chi connectivity index (χ4v) is 1.98. The zero-order chi connectivity index (χ0) is 14.1. The number of benzene rings is 1. The van der Waals surface area contributed by atoms with Gasteiger partial charge in [-0.15, -0.1) is 0 Å². The number of carboxylic acid groups (broad SMARTS) is 1. The molecule has 0 bridgehead atoms. The van der Waals surface area contributed by atoms with Gasteiger partial charge in [-0.05, 0) is 17.5 Å². The topological polar surface area (TPSA) is 85.5 Å². The Labute approximate surface area is 113 Å². The minimum absolute atomic E-state index is 0.196. The Bertz CT molecular complexity index is 795. The Kier molecular flexibility index (Phi) is 2.83. The number of ether oxygens (including phenoxy) is 1. The number of nitrogens with zero attached hydrogens (tertiary/aromatic N) is 2. The Balaban J connectivity index is 2.14. The predicted octanol–water partition coefficient (Wildman–Crippen LogP) is 2.60. The summed E-state index contributed by atoms with van der Waals surface area (Å²) in [6.45, 7) is 0.